The molecular weight excluding hydrogens is 507 g/mol. The van der Waals surface area contributed by atoms with Crippen LogP contribution in [0.15, 0.2) is 29.3 Å². The van der Waals surface area contributed by atoms with Crippen LogP contribution in [0.25, 0.3) is 0 Å². The van der Waals surface area contributed by atoms with Crippen molar-refractivity contribution in [2.75, 3.05) is 46.2 Å². The van der Waals surface area contributed by atoms with Gasteiger partial charge in [-0.3, -0.25) is 4.99 Å². The molecule has 1 aromatic rings. The second-order valence-electron chi connectivity index (χ2n) is 6.60. The number of rotatable bonds is 9. The Morgan fingerprint density at radius 3 is 2.59 bits per heavy atom. The van der Waals surface area contributed by atoms with E-state index in [1.54, 1.807) is 25.4 Å². The number of halogens is 1. The van der Waals surface area contributed by atoms with E-state index in [2.05, 4.69) is 15.6 Å². The molecule has 0 spiro atoms. The summed E-state index contributed by atoms with van der Waals surface area (Å²) in [5.74, 6) is 2.46. The highest BCUT2D eigenvalue weighted by Gasteiger charge is 2.26. The van der Waals surface area contributed by atoms with Crippen molar-refractivity contribution in [1.29, 1.82) is 0 Å². The van der Waals surface area contributed by atoms with Crippen LogP contribution in [0.2, 0.25) is 0 Å². The van der Waals surface area contributed by atoms with Crippen molar-refractivity contribution >= 4 is 40.0 Å². The van der Waals surface area contributed by atoms with Crippen molar-refractivity contribution in [3.8, 4) is 11.5 Å². The smallest absolute Gasteiger partial charge is 0.213 e. The van der Waals surface area contributed by atoms with Gasteiger partial charge in [0.1, 0.15) is 11.5 Å². The van der Waals surface area contributed by atoms with Crippen LogP contribution >= 0.6 is 24.0 Å². The summed E-state index contributed by atoms with van der Waals surface area (Å²) >= 11 is 0. The van der Waals surface area contributed by atoms with E-state index in [-0.39, 0.29) is 35.8 Å². The van der Waals surface area contributed by atoms with Gasteiger partial charge in [-0.05, 0) is 38.3 Å². The minimum atomic E-state index is -3.09. The van der Waals surface area contributed by atoms with E-state index in [1.807, 2.05) is 24.3 Å². The number of nitrogens with zero attached hydrogens (tertiary/aromatic N) is 2. The van der Waals surface area contributed by atoms with E-state index in [0.29, 0.717) is 19.7 Å². The van der Waals surface area contributed by atoms with Gasteiger partial charge in [-0.2, -0.15) is 0 Å². The molecule has 8 nitrogen and oxygen atoms in total. The number of nitrogens with one attached hydrogen (secondary N) is 2. The number of ether oxygens (including phenoxy) is 2. The lowest BCUT2D eigenvalue weighted by atomic mass is 10.1. The Balaban J connectivity index is 0.00000420. The van der Waals surface area contributed by atoms with Gasteiger partial charge < -0.3 is 20.1 Å². The summed E-state index contributed by atoms with van der Waals surface area (Å²) in [5, 5.41) is 6.66. The van der Waals surface area contributed by atoms with Crippen LogP contribution in [0.4, 0.5) is 0 Å². The zero-order valence-corrected chi connectivity index (χ0v) is 20.5. The van der Waals surface area contributed by atoms with Gasteiger partial charge in [0.15, 0.2) is 5.96 Å². The second kappa shape index (κ2) is 13.1. The lowest BCUT2D eigenvalue weighted by Gasteiger charge is -2.32. The molecule has 2 rings (SSSR count). The lowest BCUT2D eigenvalue weighted by molar-refractivity contribution is 0.303. The minimum Gasteiger partial charge on any atom is -0.497 e. The summed E-state index contributed by atoms with van der Waals surface area (Å²) in [7, 11) is 0.279. The Hall–Kier alpha value is -1.27. The third-order valence-corrected chi connectivity index (χ3v) is 6.58. The molecule has 1 fully saturated rings. The Bertz CT molecular complexity index is 737. The monoisotopic (exact) mass is 540 g/mol. The molecule has 2 N–H and O–H groups in total. The van der Waals surface area contributed by atoms with Gasteiger partial charge in [0, 0.05) is 38.8 Å². The molecule has 0 aromatic heterocycles. The normalized spacial score (nSPS) is 16.0. The summed E-state index contributed by atoms with van der Waals surface area (Å²) in [6.45, 7) is 4.11. The summed E-state index contributed by atoms with van der Waals surface area (Å²) < 4.78 is 36.3. The van der Waals surface area contributed by atoms with Gasteiger partial charge in [0.25, 0.3) is 0 Å². The predicted octanol–water partition coefficient (Wildman–Crippen LogP) is 2.06. The van der Waals surface area contributed by atoms with Crippen LogP contribution in [-0.4, -0.2) is 70.9 Å². The van der Waals surface area contributed by atoms with Gasteiger partial charge in [-0.15, -0.1) is 24.0 Å². The van der Waals surface area contributed by atoms with E-state index >= 15 is 0 Å². The molecule has 166 valence electrons. The summed E-state index contributed by atoms with van der Waals surface area (Å²) in [6, 6.07) is 7.77. The molecule has 1 heterocycles. The highest BCUT2D eigenvalue weighted by molar-refractivity contribution is 14.0. The molecule has 0 saturated carbocycles. The Morgan fingerprint density at radius 1 is 1.28 bits per heavy atom. The lowest BCUT2D eigenvalue weighted by Crippen LogP contribution is -2.50. The molecule has 0 aliphatic carbocycles. The molecule has 0 atom stereocenters. The average Bonchev–Trinajstić information content (AvgIpc) is 2.73. The molecular formula is C19H33IN4O4S. The maximum absolute atomic E-state index is 11.9. The highest BCUT2D eigenvalue weighted by atomic mass is 127. The summed E-state index contributed by atoms with van der Waals surface area (Å²) in [5.41, 5.74) is 0. The maximum atomic E-state index is 11.9. The number of hydrogen-bond donors (Lipinski definition) is 2. The van der Waals surface area contributed by atoms with Gasteiger partial charge in [0.05, 0.1) is 19.5 Å². The Morgan fingerprint density at radius 2 is 1.97 bits per heavy atom. The van der Waals surface area contributed by atoms with E-state index in [9.17, 15) is 8.42 Å². The molecule has 10 heteroatoms. The van der Waals surface area contributed by atoms with E-state index in [0.717, 1.165) is 43.3 Å². The minimum absolute atomic E-state index is 0. The van der Waals surface area contributed by atoms with Crippen LogP contribution < -0.4 is 20.1 Å². The number of guanidine groups is 1. The van der Waals surface area contributed by atoms with Crippen molar-refractivity contribution in [1.82, 2.24) is 14.9 Å². The number of aliphatic imine (C=N–C) groups is 1. The van der Waals surface area contributed by atoms with Crippen LogP contribution in [0, 0.1) is 0 Å². The fourth-order valence-corrected chi connectivity index (χ4v) is 4.14. The van der Waals surface area contributed by atoms with Gasteiger partial charge in [-0.1, -0.05) is 6.07 Å². The molecule has 1 aromatic carbocycles. The largest absolute Gasteiger partial charge is 0.497 e. The van der Waals surface area contributed by atoms with Gasteiger partial charge >= 0.3 is 0 Å². The molecule has 1 aliphatic heterocycles. The predicted molar refractivity (Wildman–Crippen MR) is 127 cm³/mol. The first-order valence-corrected chi connectivity index (χ1v) is 11.3. The fourth-order valence-electron chi connectivity index (χ4n) is 3.01. The van der Waals surface area contributed by atoms with Crippen molar-refractivity contribution in [2.45, 2.75) is 32.2 Å². The van der Waals surface area contributed by atoms with Crippen LogP contribution in [-0.2, 0) is 10.0 Å². The van der Waals surface area contributed by atoms with Crippen molar-refractivity contribution in [3.63, 3.8) is 0 Å². The standard InChI is InChI=1S/C19H32N4O4S.HI/c1-4-28(24,25)23-12-9-16(10-13-23)22-19(20-2)21-11-6-14-27-18-8-5-7-17(15-18)26-3;/h5,7-8,15-16H,4,6,9-14H2,1-3H3,(H2,20,21,22);1H. The number of sulfonamides is 1. The van der Waals surface area contributed by atoms with Crippen molar-refractivity contribution in [3.05, 3.63) is 24.3 Å². The zero-order valence-electron chi connectivity index (χ0n) is 17.4. The van der Waals surface area contributed by atoms with E-state index < -0.39 is 10.0 Å². The number of methoxy groups -OCH3 is 1. The van der Waals surface area contributed by atoms with Crippen LogP contribution in [0.3, 0.4) is 0 Å². The van der Waals surface area contributed by atoms with Crippen molar-refractivity contribution in [2.24, 2.45) is 4.99 Å². The van der Waals surface area contributed by atoms with Crippen molar-refractivity contribution < 1.29 is 17.9 Å². The first kappa shape index (κ1) is 25.8. The average molecular weight is 540 g/mol. The first-order valence-electron chi connectivity index (χ1n) is 9.70. The summed E-state index contributed by atoms with van der Waals surface area (Å²) in [4.78, 5) is 4.25. The summed E-state index contributed by atoms with van der Waals surface area (Å²) in [6.07, 6.45) is 2.38. The second-order valence-corrected chi connectivity index (χ2v) is 8.86. The molecule has 0 unspecified atom stereocenters. The van der Waals surface area contributed by atoms with Gasteiger partial charge in [0.2, 0.25) is 10.0 Å². The first-order chi connectivity index (χ1) is 13.5. The molecule has 29 heavy (non-hydrogen) atoms. The Labute approximate surface area is 191 Å². The third kappa shape index (κ3) is 8.55. The zero-order chi connectivity index (χ0) is 20.4. The van der Waals surface area contributed by atoms with Crippen LogP contribution in [0.5, 0.6) is 11.5 Å². The molecule has 1 aliphatic rings. The third-order valence-electron chi connectivity index (χ3n) is 4.70. The van der Waals surface area contributed by atoms with Crippen LogP contribution in [0.1, 0.15) is 26.2 Å². The molecule has 0 amide bonds. The van der Waals surface area contributed by atoms with E-state index in [1.165, 1.54) is 0 Å². The molecule has 0 radical (unpaired) electrons. The maximum Gasteiger partial charge on any atom is 0.213 e. The highest BCUT2D eigenvalue weighted by Crippen LogP contribution is 2.18. The topological polar surface area (TPSA) is 92.3 Å². The Kier molecular flexibility index (Phi) is 11.7. The van der Waals surface area contributed by atoms with E-state index in [4.69, 9.17) is 9.47 Å². The molecule has 0 bridgehead atoms. The quantitative estimate of drug-likeness (QED) is 0.216. The fraction of sp³-hybridized carbons (Fsp3) is 0.632. The number of hydrogen-bond acceptors (Lipinski definition) is 5. The number of benzene rings is 1. The van der Waals surface area contributed by atoms with Gasteiger partial charge in [-0.25, -0.2) is 12.7 Å². The number of piperidine rings is 1. The molecule has 1 saturated heterocycles. The SMILES string of the molecule is CCS(=O)(=O)N1CCC(NC(=NC)NCCCOc2cccc(OC)c2)CC1.I.